The Hall–Kier alpha value is -3.75. The number of likely N-dealkylation sites (tertiary alicyclic amines) is 1. The number of rotatable bonds is 13. The van der Waals surface area contributed by atoms with Gasteiger partial charge in [-0.2, -0.15) is 0 Å². The molecule has 0 aliphatic carbocycles. The first-order chi connectivity index (χ1) is 21.6. The molecule has 0 aromatic heterocycles. The van der Waals surface area contributed by atoms with Crippen LogP contribution in [-0.2, 0) is 25.7 Å². The molecule has 3 fully saturated rings. The number of aliphatic hydroxyl groups excluding tert-OH is 1. The summed E-state index contributed by atoms with van der Waals surface area (Å²) in [6.07, 6.45) is 4.52. The molecule has 0 saturated carbocycles. The highest BCUT2D eigenvalue weighted by atomic mass is 16.5. The fourth-order valence-corrected chi connectivity index (χ4v) is 8.10. The average Bonchev–Trinajstić information content (AvgIpc) is 3.56. The number of nitrogens with zero attached hydrogens (tertiary/aromatic N) is 3. The highest BCUT2D eigenvalue weighted by molar-refractivity contribution is 6.03. The van der Waals surface area contributed by atoms with E-state index in [2.05, 4.69) is 13.2 Å². The first kappa shape index (κ1) is 32.6. The molecule has 0 radical (unpaired) electrons. The van der Waals surface area contributed by atoms with Gasteiger partial charge in [-0.05, 0) is 42.9 Å². The Morgan fingerprint density at radius 1 is 1.07 bits per heavy atom. The molecule has 2 bridgehead atoms. The van der Waals surface area contributed by atoms with Crippen LogP contribution in [0.2, 0.25) is 0 Å². The third kappa shape index (κ3) is 5.32. The van der Waals surface area contributed by atoms with Crippen LogP contribution in [0.3, 0.4) is 0 Å². The minimum atomic E-state index is -1.23. The van der Waals surface area contributed by atoms with Gasteiger partial charge in [0.1, 0.15) is 11.6 Å². The summed E-state index contributed by atoms with van der Waals surface area (Å²) in [4.78, 5) is 49.5. The molecule has 1 spiro atoms. The van der Waals surface area contributed by atoms with Gasteiger partial charge in [-0.3, -0.25) is 14.4 Å². The predicted octanol–water partition coefficient (Wildman–Crippen LogP) is 4.84. The zero-order chi connectivity index (χ0) is 32.5. The number of amides is 3. The quantitative estimate of drug-likeness (QED) is 0.327. The van der Waals surface area contributed by atoms with Gasteiger partial charge in [-0.15, -0.1) is 13.2 Å². The number of benzene rings is 2. The van der Waals surface area contributed by atoms with Crippen LogP contribution in [-0.4, -0.2) is 75.6 Å². The molecular weight excluding hydrogens is 566 g/mol. The predicted molar refractivity (Wildman–Crippen MR) is 175 cm³/mol. The van der Waals surface area contributed by atoms with E-state index in [0.717, 1.165) is 5.56 Å². The molecule has 2 aromatic carbocycles. The molecule has 3 heterocycles. The molecule has 3 aliphatic heterocycles. The third-order valence-electron chi connectivity index (χ3n) is 10.6. The van der Waals surface area contributed by atoms with Crippen LogP contribution in [0, 0.1) is 23.7 Å². The summed E-state index contributed by atoms with van der Waals surface area (Å²) in [5, 5.41) is 10.7. The zero-order valence-corrected chi connectivity index (χ0v) is 27.0. The normalized spacial score (nSPS) is 29.6. The topological polar surface area (TPSA) is 90.4 Å². The van der Waals surface area contributed by atoms with E-state index < -0.39 is 35.1 Å². The molecule has 3 unspecified atom stereocenters. The number of anilines is 1. The lowest BCUT2D eigenvalue weighted by atomic mass is 9.62. The Labute approximate surface area is 267 Å². The largest absolute Gasteiger partial charge is 0.394 e. The maximum absolute atomic E-state index is 14.9. The zero-order valence-electron chi connectivity index (χ0n) is 27.0. The summed E-state index contributed by atoms with van der Waals surface area (Å²) >= 11 is 0. The molecule has 45 heavy (non-hydrogen) atoms. The highest BCUT2D eigenvalue weighted by Gasteiger charge is 2.80. The summed E-state index contributed by atoms with van der Waals surface area (Å²) in [6, 6.07) is 17.5. The van der Waals surface area contributed by atoms with Crippen LogP contribution in [0.25, 0.3) is 0 Å². The average molecular weight is 614 g/mol. The highest BCUT2D eigenvalue weighted by Crippen LogP contribution is 2.66. The van der Waals surface area contributed by atoms with Crippen molar-refractivity contribution in [2.45, 2.75) is 70.4 Å². The molecule has 8 atom stereocenters. The molecule has 3 aliphatic rings. The summed E-state index contributed by atoms with van der Waals surface area (Å²) in [5.74, 6) is -2.68. The van der Waals surface area contributed by atoms with Crippen LogP contribution < -0.4 is 4.90 Å². The minimum Gasteiger partial charge on any atom is -0.394 e. The van der Waals surface area contributed by atoms with Gasteiger partial charge in [0.2, 0.25) is 17.7 Å². The number of carbonyl (C=O) groups excluding carboxylic acids is 3. The molecule has 8 heteroatoms. The van der Waals surface area contributed by atoms with Gasteiger partial charge in [0.25, 0.3) is 0 Å². The van der Waals surface area contributed by atoms with Crippen molar-refractivity contribution in [3.05, 3.63) is 91.5 Å². The van der Waals surface area contributed by atoms with Crippen molar-refractivity contribution in [3.8, 4) is 0 Å². The molecule has 5 rings (SSSR count). The first-order valence-corrected chi connectivity index (χ1v) is 16.1. The molecule has 3 amide bonds. The van der Waals surface area contributed by atoms with E-state index in [4.69, 9.17) is 4.74 Å². The number of aliphatic hydroxyl groups is 1. The van der Waals surface area contributed by atoms with Gasteiger partial charge in [-0.1, -0.05) is 87.9 Å². The standard InChI is InChI=1S/C37H47N3O5/c1-7-20-38(23-27-16-12-10-13-17-27)35(44)32-37-22-26(5)36(6,45-37)30(31(37)34(43)40(32)29(24-41)25(4)9-3)33(42)39(21-8-2)28-18-14-11-15-19-28/h7-8,10-19,25-26,29-32,41H,1-2,9,20-24H2,3-6H3/t25-,26?,29-,30+,31-,32?,36-,37?/m0/s1. The van der Waals surface area contributed by atoms with Crippen molar-refractivity contribution in [3.63, 3.8) is 0 Å². The van der Waals surface area contributed by atoms with Gasteiger partial charge in [0, 0.05) is 25.3 Å². The first-order valence-electron chi connectivity index (χ1n) is 16.1. The lowest BCUT2D eigenvalue weighted by molar-refractivity contribution is -0.157. The number of hydrogen-bond donors (Lipinski definition) is 1. The van der Waals surface area contributed by atoms with E-state index in [-0.39, 0.29) is 49.3 Å². The fourth-order valence-electron chi connectivity index (χ4n) is 8.10. The van der Waals surface area contributed by atoms with E-state index >= 15 is 0 Å². The van der Waals surface area contributed by atoms with E-state index in [1.807, 2.05) is 88.4 Å². The van der Waals surface area contributed by atoms with Crippen molar-refractivity contribution in [2.75, 3.05) is 24.6 Å². The van der Waals surface area contributed by atoms with Crippen LogP contribution in [0.4, 0.5) is 5.69 Å². The van der Waals surface area contributed by atoms with Crippen LogP contribution in [0.15, 0.2) is 86.0 Å². The van der Waals surface area contributed by atoms with Gasteiger partial charge < -0.3 is 24.5 Å². The summed E-state index contributed by atoms with van der Waals surface area (Å²) in [6.45, 7) is 16.3. The minimum absolute atomic E-state index is 0.0904. The Kier molecular flexibility index (Phi) is 9.38. The van der Waals surface area contributed by atoms with Gasteiger partial charge in [0.05, 0.1) is 30.1 Å². The van der Waals surface area contributed by atoms with Crippen LogP contribution >= 0.6 is 0 Å². The second kappa shape index (κ2) is 12.9. The van der Waals surface area contributed by atoms with Crippen molar-refractivity contribution in [1.82, 2.24) is 9.80 Å². The Morgan fingerprint density at radius 3 is 2.27 bits per heavy atom. The lowest BCUT2D eigenvalue weighted by Gasteiger charge is -2.41. The SMILES string of the molecule is C=CCN(Cc1ccccc1)C(=O)C1N([C@@H](CO)[C@@H](C)CC)C(=O)[C@@H]2[C@H](C(=O)N(CC=C)c3ccccc3)[C@@]3(C)OC12CC3C. The van der Waals surface area contributed by atoms with Crippen molar-refractivity contribution < 1.29 is 24.2 Å². The molecule has 1 N–H and O–H groups in total. The summed E-state index contributed by atoms with van der Waals surface area (Å²) < 4.78 is 7.01. The number of para-hydroxylation sites is 1. The van der Waals surface area contributed by atoms with Gasteiger partial charge in [0.15, 0.2) is 0 Å². The van der Waals surface area contributed by atoms with Gasteiger partial charge in [-0.25, -0.2) is 0 Å². The second-order valence-electron chi connectivity index (χ2n) is 13.2. The van der Waals surface area contributed by atoms with E-state index in [0.29, 0.717) is 25.1 Å². The van der Waals surface area contributed by atoms with Crippen LogP contribution in [0.5, 0.6) is 0 Å². The summed E-state index contributed by atoms with van der Waals surface area (Å²) in [5.41, 5.74) is -0.537. The molecule has 8 nitrogen and oxygen atoms in total. The number of hydrogen-bond acceptors (Lipinski definition) is 5. The fraction of sp³-hybridized carbons (Fsp3) is 0.486. The van der Waals surface area contributed by atoms with E-state index in [9.17, 15) is 19.5 Å². The lowest BCUT2D eigenvalue weighted by Crippen LogP contribution is -2.59. The van der Waals surface area contributed by atoms with E-state index in [1.165, 1.54) is 0 Å². The number of ether oxygens (including phenoxy) is 1. The van der Waals surface area contributed by atoms with Crippen molar-refractivity contribution >= 4 is 23.4 Å². The maximum atomic E-state index is 14.9. The molecule has 2 aromatic rings. The van der Waals surface area contributed by atoms with Crippen molar-refractivity contribution in [2.24, 2.45) is 23.7 Å². The van der Waals surface area contributed by atoms with Crippen molar-refractivity contribution in [1.29, 1.82) is 0 Å². The van der Waals surface area contributed by atoms with Crippen LogP contribution in [0.1, 0.15) is 46.1 Å². The Morgan fingerprint density at radius 2 is 1.69 bits per heavy atom. The Bertz CT molecular complexity index is 1420. The monoisotopic (exact) mass is 613 g/mol. The van der Waals surface area contributed by atoms with E-state index in [1.54, 1.807) is 26.9 Å². The third-order valence-corrected chi connectivity index (χ3v) is 10.6. The maximum Gasteiger partial charge on any atom is 0.249 e. The smallest absolute Gasteiger partial charge is 0.249 e. The molecular formula is C37H47N3O5. The Balaban J connectivity index is 1.64. The number of fused-ring (bicyclic) bond motifs is 1. The second-order valence-corrected chi connectivity index (χ2v) is 13.2. The summed E-state index contributed by atoms with van der Waals surface area (Å²) in [7, 11) is 0. The van der Waals surface area contributed by atoms with Gasteiger partial charge >= 0.3 is 0 Å². The molecule has 3 saturated heterocycles. The molecule has 240 valence electrons. The number of carbonyl (C=O) groups is 3.